The van der Waals surface area contributed by atoms with Crippen molar-refractivity contribution in [1.82, 2.24) is 0 Å². The van der Waals surface area contributed by atoms with Crippen LogP contribution in [0.15, 0.2) is 24.3 Å². The number of hydrogen-bond donors (Lipinski definition) is 0. The van der Waals surface area contributed by atoms with Crippen LogP contribution in [-0.2, 0) is 21.0 Å². The highest BCUT2D eigenvalue weighted by atomic mass is 35.5. The largest absolute Gasteiger partial charge is 0.381 e. The van der Waals surface area contributed by atoms with Crippen molar-refractivity contribution in [1.29, 1.82) is 0 Å². The molecule has 0 aliphatic carbocycles. The highest BCUT2D eigenvalue weighted by molar-refractivity contribution is 7.91. The SMILES string of the molecule is O=S(=O)(CCc1ccc(Cl)cc1)CC1CCCOC1. The van der Waals surface area contributed by atoms with E-state index >= 15 is 0 Å². The molecular weight excluding hydrogens is 284 g/mol. The Bertz CT molecular complexity index is 490. The van der Waals surface area contributed by atoms with Crippen LogP contribution in [0.25, 0.3) is 0 Å². The van der Waals surface area contributed by atoms with Gasteiger partial charge in [-0.2, -0.15) is 0 Å². The summed E-state index contributed by atoms with van der Waals surface area (Å²) in [6.45, 7) is 1.35. The van der Waals surface area contributed by atoms with Crippen molar-refractivity contribution in [2.75, 3.05) is 24.7 Å². The molecule has 0 aromatic heterocycles. The van der Waals surface area contributed by atoms with Crippen LogP contribution in [0.2, 0.25) is 5.02 Å². The van der Waals surface area contributed by atoms with E-state index in [1.807, 2.05) is 12.1 Å². The van der Waals surface area contributed by atoms with Gasteiger partial charge in [0, 0.05) is 11.6 Å². The van der Waals surface area contributed by atoms with E-state index in [9.17, 15) is 8.42 Å². The Morgan fingerprint density at radius 1 is 1.26 bits per heavy atom. The van der Waals surface area contributed by atoms with Crippen molar-refractivity contribution in [3.63, 3.8) is 0 Å². The molecule has 0 N–H and O–H groups in total. The van der Waals surface area contributed by atoms with Gasteiger partial charge in [-0.15, -0.1) is 0 Å². The summed E-state index contributed by atoms with van der Waals surface area (Å²) in [5.74, 6) is 0.620. The molecule has 0 radical (unpaired) electrons. The minimum absolute atomic E-state index is 0.170. The molecule has 106 valence electrons. The van der Waals surface area contributed by atoms with Gasteiger partial charge in [-0.3, -0.25) is 0 Å². The van der Waals surface area contributed by atoms with Crippen molar-refractivity contribution in [2.45, 2.75) is 19.3 Å². The molecule has 1 heterocycles. The lowest BCUT2D eigenvalue weighted by atomic mass is 10.1. The number of rotatable bonds is 5. The molecule has 0 saturated carbocycles. The van der Waals surface area contributed by atoms with E-state index in [4.69, 9.17) is 16.3 Å². The lowest BCUT2D eigenvalue weighted by Crippen LogP contribution is -2.26. The molecule has 2 rings (SSSR count). The van der Waals surface area contributed by atoms with Crippen LogP contribution in [-0.4, -0.2) is 33.1 Å². The van der Waals surface area contributed by atoms with Gasteiger partial charge in [0.25, 0.3) is 0 Å². The van der Waals surface area contributed by atoms with E-state index in [0.717, 1.165) is 25.0 Å². The number of halogens is 1. The molecule has 1 fully saturated rings. The first-order valence-electron chi connectivity index (χ1n) is 6.58. The van der Waals surface area contributed by atoms with E-state index < -0.39 is 9.84 Å². The molecule has 1 saturated heterocycles. The second kappa shape index (κ2) is 6.73. The zero-order chi connectivity index (χ0) is 13.7. The maximum absolute atomic E-state index is 12.1. The molecule has 5 heteroatoms. The van der Waals surface area contributed by atoms with E-state index in [-0.39, 0.29) is 17.4 Å². The summed E-state index contributed by atoms with van der Waals surface area (Å²) >= 11 is 5.80. The van der Waals surface area contributed by atoms with Crippen molar-refractivity contribution in [3.05, 3.63) is 34.9 Å². The topological polar surface area (TPSA) is 43.4 Å². The Balaban J connectivity index is 1.84. The summed E-state index contributed by atoms with van der Waals surface area (Å²) in [4.78, 5) is 0. The van der Waals surface area contributed by atoms with Gasteiger partial charge in [-0.05, 0) is 42.9 Å². The Hall–Kier alpha value is -0.580. The molecule has 1 unspecified atom stereocenters. The number of benzene rings is 1. The first kappa shape index (κ1) is 14.8. The quantitative estimate of drug-likeness (QED) is 0.840. The highest BCUT2D eigenvalue weighted by Crippen LogP contribution is 2.17. The van der Waals surface area contributed by atoms with Crippen molar-refractivity contribution in [3.8, 4) is 0 Å². The minimum Gasteiger partial charge on any atom is -0.381 e. The van der Waals surface area contributed by atoms with Crippen LogP contribution >= 0.6 is 11.6 Å². The molecule has 1 atom stereocenters. The summed E-state index contributed by atoms with van der Waals surface area (Å²) in [5.41, 5.74) is 1.01. The molecule has 1 aromatic carbocycles. The third-order valence-corrected chi connectivity index (χ3v) is 5.42. The average Bonchev–Trinajstić information content (AvgIpc) is 2.39. The van der Waals surface area contributed by atoms with Crippen LogP contribution in [0.5, 0.6) is 0 Å². The Morgan fingerprint density at radius 3 is 2.63 bits per heavy atom. The monoisotopic (exact) mass is 302 g/mol. The van der Waals surface area contributed by atoms with Crippen molar-refractivity contribution >= 4 is 21.4 Å². The second-order valence-corrected chi connectivity index (χ2v) is 7.74. The van der Waals surface area contributed by atoms with Gasteiger partial charge in [0.15, 0.2) is 9.84 Å². The molecule has 1 aromatic rings. The van der Waals surface area contributed by atoms with Crippen molar-refractivity contribution in [2.24, 2.45) is 5.92 Å². The Labute approximate surface area is 119 Å². The maximum Gasteiger partial charge on any atom is 0.151 e. The Kier molecular flexibility index (Phi) is 5.25. The van der Waals surface area contributed by atoms with Crippen LogP contribution < -0.4 is 0 Å². The van der Waals surface area contributed by atoms with Crippen LogP contribution in [0.3, 0.4) is 0 Å². The number of sulfone groups is 1. The molecule has 19 heavy (non-hydrogen) atoms. The molecule has 0 spiro atoms. The molecular formula is C14H19ClO3S. The first-order chi connectivity index (χ1) is 9.05. The van der Waals surface area contributed by atoms with Crippen LogP contribution in [0, 0.1) is 5.92 Å². The number of aryl methyl sites for hydroxylation is 1. The zero-order valence-electron chi connectivity index (χ0n) is 10.8. The average molecular weight is 303 g/mol. The van der Waals surface area contributed by atoms with Crippen LogP contribution in [0.4, 0.5) is 0 Å². The molecule has 1 aliphatic heterocycles. The molecule has 3 nitrogen and oxygen atoms in total. The van der Waals surface area contributed by atoms with E-state index in [2.05, 4.69) is 0 Å². The van der Waals surface area contributed by atoms with E-state index in [0.29, 0.717) is 18.1 Å². The van der Waals surface area contributed by atoms with Crippen molar-refractivity contribution < 1.29 is 13.2 Å². The van der Waals surface area contributed by atoms with Gasteiger partial charge in [-0.25, -0.2) is 8.42 Å². The molecule has 1 aliphatic rings. The lowest BCUT2D eigenvalue weighted by Gasteiger charge is -2.21. The first-order valence-corrected chi connectivity index (χ1v) is 8.78. The predicted octanol–water partition coefficient (Wildman–Crippen LogP) is 2.72. The van der Waals surface area contributed by atoms with E-state index in [1.54, 1.807) is 12.1 Å². The zero-order valence-corrected chi connectivity index (χ0v) is 12.4. The molecule has 0 bridgehead atoms. The van der Waals surface area contributed by atoms with Gasteiger partial charge < -0.3 is 4.74 Å². The normalized spacial score (nSPS) is 20.4. The molecule has 0 amide bonds. The third-order valence-electron chi connectivity index (χ3n) is 3.36. The summed E-state index contributed by atoms with van der Waals surface area (Å²) < 4.78 is 29.4. The number of hydrogen-bond acceptors (Lipinski definition) is 3. The predicted molar refractivity (Wildman–Crippen MR) is 77.4 cm³/mol. The van der Waals surface area contributed by atoms with E-state index in [1.165, 1.54) is 0 Å². The Morgan fingerprint density at radius 2 is 2.00 bits per heavy atom. The summed E-state index contributed by atoms with van der Waals surface area (Å²) in [6, 6.07) is 7.33. The highest BCUT2D eigenvalue weighted by Gasteiger charge is 2.21. The lowest BCUT2D eigenvalue weighted by molar-refractivity contribution is 0.0626. The minimum atomic E-state index is -3.00. The van der Waals surface area contributed by atoms with Gasteiger partial charge in [-0.1, -0.05) is 23.7 Å². The van der Waals surface area contributed by atoms with Gasteiger partial charge in [0.05, 0.1) is 18.1 Å². The summed E-state index contributed by atoms with van der Waals surface area (Å²) in [6.07, 6.45) is 2.48. The third kappa shape index (κ3) is 5.13. The fraction of sp³-hybridized carbons (Fsp3) is 0.571. The fourth-order valence-electron chi connectivity index (χ4n) is 2.31. The fourth-order valence-corrected chi connectivity index (χ4v) is 4.13. The summed E-state index contributed by atoms with van der Waals surface area (Å²) in [5, 5.41) is 0.672. The van der Waals surface area contributed by atoms with Gasteiger partial charge in [0.2, 0.25) is 0 Å². The second-order valence-electron chi connectivity index (χ2n) is 5.07. The number of ether oxygens (including phenoxy) is 1. The van der Waals surface area contributed by atoms with Gasteiger partial charge in [0.1, 0.15) is 0 Å². The summed E-state index contributed by atoms with van der Waals surface area (Å²) in [7, 11) is -3.00. The van der Waals surface area contributed by atoms with Crippen LogP contribution in [0.1, 0.15) is 18.4 Å². The maximum atomic E-state index is 12.1. The smallest absolute Gasteiger partial charge is 0.151 e. The van der Waals surface area contributed by atoms with Gasteiger partial charge >= 0.3 is 0 Å². The standard InChI is InChI=1S/C14H19ClO3S/c15-14-5-3-12(4-6-14)7-9-19(16,17)11-13-2-1-8-18-10-13/h3-6,13H,1-2,7-11H2.